The van der Waals surface area contributed by atoms with Crippen molar-refractivity contribution in [1.29, 1.82) is 0 Å². The second-order valence-electron chi connectivity index (χ2n) is 13.7. The molecule has 0 radical (unpaired) electrons. The maximum absolute atomic E-state index is 16.7. The zero-order valence-electron chi connectivity index (χ0n) is 25.9. The predicted molar refractivity (Wildman–Crippen MR) is 157 cm³/mol. The summed E-state index contributed by atoms with van der Waals surface area (Å²) in [5, 5.41) is 3.17. The largest absolute Gasteiger partial charge is 0.472 e. The fourth-order valence-corrected chi connectivity index (χ4v) is 8.36. The fourth-order valence-electron chi connectivity index (χ4n) is 8.36. The van der Waals surface area contributed by atoms with Crippen LogP contribution in [0.25, 0.3) is 22.2 Å². The third kappa shape index (κ3) is 4.38. The van der Waals surface area contributed by atoms with Crippen molar-refractivity contribution in [3.63, 3.8) is 0 Å². The number of anilines is 2. The van der Waals surface area contributed by atoms with Gasteiger partial charge in [-0.15, -0.1) is 0 Å². The highest BCUT2D eigenvalue weighted by Crippen LogP contribution is 2.69. The number of nitrogen functional groups attached to an aromatic ring is 1. The fraction of sp³-hybridized carbons (Fsp3) is 0.581. The summed E-state index contributed by atoms with van der Waals surface area (Å²) in [6.45, 7) is 4.50. The second kappa shape index (κ2) is 10.2. The molecule has 3 saturated heterocycles. The Hall–Kier alpha value is -3.73. The average molecular weight is 686 g/mol. The van der Waals surface area contributed by atoms with Crippen LogP contribution < -0.4 is 25.4 Å². The monoisotopic (exact) mass is 685 g/mol. The lowest BCUT2D eigenvalue weighted by atomic mass is 9.89. The van der Waals surface area contributed by atoms with Crippen LogP contribution in [0.5, 0.6) is 11.9 Å². The highest BCUT2D eigenvalue weighted by Gasteiger charge is 2.77. The van der Waals surface area contributed by atoms with E-state index in [0.29, 0.717) is 32.6 Å². The van der Waals surface area contributed by atoms with Crippen molar-refractivity contribution < 1.29 is 44.6 Å². The molecule has 1 aliphatic carbocycles. The van der Waals surface area contributed by atoms with E-state index in [1.165, 1.54) is 0 Å². The number of alkyl halides is 5. The zero-order valence-corrected chi connectivity index (χ0v) is 25.9. The Morgan fingerprint density at radius 2 is 1.81 bits per heavy atom. The van der Waals surface area contributed by atoms with Gasteiger partial charge >= 0.3 is 12.2 Å². The molecule has 1 unspecified atom stereocenters. The molecule has 3 aromatic rings. The van der Waals surface area contributed by atoms with Crippen LogP contribution in [0.4, 0.5) is 46.6 Å². The van der Waals surface area contributed by atoms with Gasteiger partial charge in [0, 0.05) is 32.6 Å². The Morgan fingerprint density at radius 3 is 2.52 bits per heavy atom. The van der Waals surface area contributed by atoms with E-state index >= 15 is 8.78 Å². The minimum Gasteiger partial charge on any atom is -0.472 e. The molecule has 5 aliphatic rings. The molecule has 0 bridgehead atoms. The molecule has 0 amide bonds. The van der Waals surface area contributed by atoms with Crippen LogP contribution in [0.1, 0.15) is 43.7 Å². The quantitative estimate of drug-likeness (QED) is 0.283. The van der Waals surface area contributed by atoms with Gasteiger partial charge in [0.1, 0.15) is 40.8 Å². The number of pyridine rings is 1. The molecule has 1 aromatic carbocycles. The van der Waals surface area contributed by atoms with E-state index < -0.39 is 86.2 Å². The summed E-state index contributed by atoms with van der Waals surface area (Å²) in [6, 6.07) is -0.741. The molecular weight excluding hydrogens is 654 g/mol. The van der Waals surface area contributed by atoms with Gasteiger partial charge in [-0.1, -0.05) is 0 Å². The molecule has 4 aliphatic heterocycles. The Morgan fingerprint density at radius 1 is 1.06 bits per heavy atom. The van der Waals surface area contributed by atoms with Gasteiger partial charge < -0.3 is 25.4 Å². The summed E-state index contributed by atoms with van der Waals surface area (Å²) in [4.78, 5) is 16.8. The van der Waals surface area contributed by atoms with Gasteiger partial charge in [0.2, 0.25) is 5.88 Å². The number of benzene rings is 1. The molecule has 48 heavy (non-hydrogen) atoms. The van der Waals surface area contributed by atoms with E-state index in [9.17, 15) is 26.3 Å². The first-order chi connectivity index (χ1) is 22.6. The van der Waals surface area contributed by atoms with Crippen molar-refractivity contribution in [3.8, 4) is 23.1 Å². The number of piperazine rings is 1. The third-order valence-electron chi connectivity index (χ3n) is 10.9. The lowest BCUT2D eigenvalue weighted by Crippen LogP contribution is -2.56. The highest BCUT2D eigenvalue weighted by atomic mass is 19.4. The van der Waals surface area contributed by atoms with Crippen LogP contribution in [0.3, 0.4) is 0 Å². The molecule has 1 spiro atoms. The topological polar surface area (TPSA) is 102 Å². The van der Waals surface area contributed by atoms with Crippen molar-refractivity contribution in [3.05, 3.63) is 28.6 Å². The maximum Gasteiger partial charge on any atom is 0.417 e. The van der Waals surface area contributed by atoms with Gasteiger partial charge in [0.15, 0.2) is 17.5 Å². The third-order valence-corrected chi connectivity index (χ3v) is 10.9. The first-order valence-corrected chi connectivity index (χ1v) is 15.7. The number of rotatable bonds is 4. The number of nitrogens with two attached hydrogens (primary N) is 1. The average Bonchev–Trinajstić information content (AvgIpc) is 3.25. The van der Waals surface area contributed by atoms with Crippen LogP contribution in [-0.4, -0.2) is 82.8 Å². The molecule has 17 heteroatoms. The molecular formula is C31H31F8N7O2. The van der Waals surface area contributed by atoms with Gasteiger partial charge in [0.25, 0.3) is 5.92 Å². The van der Waals surface area contributed by atoms with Gasteiger partial charge in [-0.25, -0.2) is 26.9 Å². The highest BCUT2D eigenvalue weighted by molar-refractivity contribution is 5.97. The standard InChI is InChI=1S/C31H31F8N7O2/c1-13-18(31(37,38)39)16(20(33)22(40)19(13)32)23-21(34)24-17-25(46-7-5-41-8-15(46)14(2)48-26(17)42-23)44-27(43-24)47-12-29-4-3-6-45(29)11-28(9-29)10-30(28,35)36/h14-15,41H,3-12,40H2,1-2H3/t14-,15-,28?,29-/m0/s1. The molecule has 3 N–H and O–H groups in total. The van der Waals surface area contributed by atoms with E-state index in [0.717, 1.165) is 13.3 Å². The lowest BCUT2D eigenvalue weighted by Gasteiger charge is -2.38. The minimum atomic E-state index is -5.33. The molecule has 8 rings (SSSR count). The van der Waals surface area contributed by atoms with E-state index in [-0.39, 0.29) is 49.1 Å². The summed E-state index contributed by atoms with van der Waals surface area (Å²) in [7, 11) is 0. The molecule has 6 heterocycles. The van der Waals surface area contributed by atoms with E-state index in [1.807, 2.05) is 9.80 Å². The molecule has 4 fully saturated rings. The van der Waals surface area contributed by atoms with Crippen molar-refractivity contribution in [2.24, 2.45) is 5.41 Å². The van der Waals surface area contributed by atoms with E-state index in [1.54, 1.807) is 6.92 Å². The Bertz CT molecular complexity index is 1880. The van der Waals surface area contributed by atoms with E-state index in [2.05, 4.69) is 20.3 Å². The SMILES string of the molecule is Cc1c(F)c(N)c(F)c(-c2nc3c4c(nc(OC[C@@]56CCCN5CC5(CC5(F)F)C6)nc4c2F)N2CCNC[C@H]2[C@H](C)O3)c1C(F)(F)F. The first kappa shape index (κ1) is 31.5. The van der Waals surface area contributed by atoms with Crippen molar-refractivity contribution in [2.75, 3.05) is 50.0 Å². The summed E-state index contributed by atoms with van der Waals surface area (Å²) in [5.41, 5.74) is -3.46. The minimum absolute atomic E-state index is 0.0706. The van der Waals surface area contributed by atoms with Gasteiger partial charge in [0.05, 0.1) is 28.1 Å². The number of halogens is 8. The van der Waals surface area contributed by atoms with Crippen LogP contribution in [0, 0.1) is 29.8 Å². The number of aromatic nitrogens is 3. The van der Waals surface area contributed by atoms with Crippen molar-refractivity contribution >= 4 is 22.4 Å². The summed E-state index contributed by atoms with van der Waals surface area (Å²) >= 11 is 0. The predicted octanol–water partition coefficient (Wildman–Crippen LogP) is 5.22. The Kier molecular flexibility index (Phi) is 6.67. The molecule has 4 atom stereocenters. The molecule has 258 valence electrons. The van der Waals surface area contributed by atoms with Gasteiger partial charge in [-0.05, 0) is 45.2 Å². The van der Waals surface area contributed by atoms with Crippen molar-refractivity contribution in [1.82, 2.24) is 25.2 Å². The normalized spacial score (nSPS) is 29.2. The van der Waals surface area contributed by atoms with Crippen LogP contribution in [0.15, 0.2) is 0 Å². The number of fused-ring (bicyclic) bond motifs is 3. The van der Waals surface area contributed by atoms with Gasteiger partial charge in [-0.3, -0.25) is 4.90 Å². The van der Waals surface area contributed by atoms with Crippen LogP contribution in [0.2, 0.25) is 0 Å². The smallest absolute Gasteiger partial charge is 0.417 e. The number of hydrogen-bond acceptors (Lipinski definition) is 9. The van der Waals surface area contributed by atoms with Crippen molar-refractivity contribution in [2.45, 2.75) is 69.3 Å². The number of nitrogens with one attached hydrogen (secondary N) is 1. The molecule has 9 nitrogen and oxygen atoms in total. The Balaban J connectivity index is 1.31. The second-order valence-corrected chi connectivity index (χ2v) is 13.7. The Labute approximate surface area is 268 Å². The maximum atomic E-state index is 16.7. The summed E-state index contributed by atoms with van der Waals surface area (Å²) in [6.07, 6.45) is -4.64. The summed E-state index contributed by atoms with van der Waals surface area (Å²) in [5.74, 6) is -7.91. The zero-order chi connectivity index (χ0) is 34.1. The van der Waals surface area contributed by atoms with Crippen LogP contribution in [-0.2, 0) is 6.18 Å². The van der Waals surface area contributed by atoms with Gasteiger partial charge in [-0.2, -0.15) is 23.1 Å². The number of hydrogen-bond donors (Lipinski definition) is 2. The lowest BCUT2D eigenvalue weighted by molar-refractivity contribution is -0.137. The molecule has 2 aromatic heterocycles. The van der Waals surface area contributed by atoms with E-state index in [4.69, 9.17) is 15.2 Å². The summed E-state index contributed by atoms with van der Waals surface area (Å²) < 4.78 is 131. The number of ether oxygens (including phenoxy) is 2. The van der Waals surface area contributed by atoms with Crippen LogP contribution >= 0.6 is 0 Å². The first-order valence-electron chi connectivity index (χ1n) is 15.7. The molecule has 1 saturated carbocycles. The number of nitrogens with zero attached hydrogens (tertiary/aromatic N) is 5.